The first-order valence-corrected chi connectivity index (χ1v) is 13.6. The van der Waals surface area contributed by atoms with Gasteiger partial charge in [-0.05, 0) is 75.2 Å². The Hall–Kier alpha value is -2.79. The predicted octanol–water partition coefficient (Wildman–Crippen LogP) is 4.70. The third-order valence-corrected chi connectivity index (χ3v) is 8.60. The van der Waals surface area contributed by atoms with Gasteiger partial charge in [-0.1, -0.05) is 12.5 Å². The average Bonchev–Trinajstić information content (AvgIpc) is 3.38. The first-order valence-electron chi connectivity index (χ1n) is 13.6. The van der Waals surface area contributed by atoms with Crippen molar-refractivity contribution in [2.24, 2.45) is 11.3 Å². The van der Waals surface area contributed by atoms with Crippen LogP contribution in [0.15, 0.2) is 30.6 Å². The third-order valence-electron chi connectivity index (χ3n) is 8.60. The highest BCUT2D eigenvalue weighted by molar-refractivity contribution is 5.95. The fraction of sp³-hybridized carbons (Fsp3) is 0.607. The fourth-order valence-corrected chi connectivity index (χ4v) is 5.92. The van der Waals surface area contributed by atoms with Gasteiger partial charge in [0.25, 0.3) is 5.91 Å². The van der Waals surface area contributed by atoms with E-state index in [4.69, 9.17) is 4.74 Å². The number of amides is 1. The first-order chi connectivity index (χ1) is 18.7. The predicted molar refractivity (Wildman–Crippen MR) is 136 cm³/mol. The fourth-order valence-electron chi connectivity index (χ4n) is 5.92. The van der Waals surface area contributed by atoms with Crippen LogP contribution in [0.3, 0.4) is 0 Å². The number of hydrogen-bond donors (Lipinski definition) is 1. The highest BCUT2D eigenvalue weighted by atomic mass is 19.4. The Kier molecular flexibility index (Phi) is 8.09. The van der Waals surface area contributed by atoms with E-state index in [0.717, 1.165) is 19.3 Å². The van der Waals surface area contributed by atoms with Crippen LogP contribution >= 0.6 is 0 Å². The zero-order chi connectivity index (χ0) is 27.6. The molecule has 39 heavy (non-hydrogen) atoms. The molecule has 1 aliphatic carbocycles. The van der Waals surface area contributed by atoms with E-state index in [2.05, 4.69) is 9.97 Å². The van der Waals surface area contributed by atoms with Crippen molar-refractivity contribution in [1.82, 2.24) is 19.8 Å². The minimum Gasteiger partial charge on any atom is -0.463 e. The van der Waals surface area contributed by atoms with Crippen LogP contribution < -0.4 is 4.74 Å². The highest BCUT2D eigenvalue weighted by Gasteiger charge is 2.58. The van der Waals surface area contributed by atoms with E-state index < -0.39 is 23.3 Å². The van der Waals surface area contributed by atoms with Gasteiger partial charge in [0.15, 0.2) is 0 Å². The van der Waals surface area contributed by atoms with E-state index in [0.29, 0.717) is 50.2 Å². The SMILES string of the molecule is O=C(c1ccc(-c2cnc(OCC3CCN(CC4(C(F)(F)F)CCC4)CC3)nc2)cc1F)N1CCCC1CO. The molecule has 5 rings (SSSR count). The molecule has 0 bridgehead atoms. The molecule has 0 spiro atoms. The van der Waals surface area contributed by atoms with Crippen molar-refractivity contribution in [2.75, 3.05) is 39.4 Å². The zero-order valence-electron chi connectivity index (χ0n) is 21.8. The number of hydrogen-bond acceptors (Lipinski definition) is 6. The molecular weight excluding hydrogens is 516 g/mol. The van der Waals surface area contributed by atoms with Crippen molar-refractivity contribution in [1.29, 1.82) is 0 Å². The van der Waals surface area contributed by atoms with Crippen molar-refractivity contribution in [3.8, 4) is 17.1 Å². The van der Waals surface area contributed by atoms with Crippen LogP contribution in [0.2, 0.25) is 0 Å². The van der Waals surface area contributed by atoms with Crippen LogP contribution in [-0.2, 0) is 0 Å². The number of aliphatic hydroxyl groups excluding tert-OH is 1. The maximum Gasteiger partial charge on any atom is 0.395 e. The molecule has 11 heteroatoms. The van der Waals surface area contributed by atoms with Crippen LogP contribution in [0, 0.1) is 17.2 Å². The summed E-state index contributed by atoms with van der Waals surface area (Å²) < 4.78 is 61.0. The first kappa shape index (κ1) is 27.8. The van der Waals surface area contributed by atoms with Gasteiger partial charge in [0, 0.05) is 31.0 Å². The Balaban J connectivity index is 1.11. The number of alkyl halides is 3. The Morgan fingerprint density at radius 2 is 1.77 bits per heavy atom. The molecule has 0 radical (unpaired) electrons. The lowest BCUT2D eigenvalue weighted by molar-refractivity contribution is -0.256. The zero-order valence-corrected chi connectivity index (χ0v) is 21.8. The monoisotopic (exact) mass is 550 g/mol. The molecule has 2 saturated heterocycles. The van der Waals surface area contributed by atoms with Gasteiger partial charge in [0.2, 0.25) is 0 Å². The maximum atomic E-state index is 14.8. The number of piperidine rings is 1. The van der Waals surface area contributed by atoms with Gasteiger partial charge in [-0.25, -0.2) is 14.4 Å². The average molecular weight is 551 g/mol. The smallest absolute Gasteiger partial charge is 0.395 e. The number of rotatable bonds is 8. The lowest BCUT2D eigenvalue weighted by Gasteiger charge is -2.47. The Morgan fingerprint density at radius 3 is 2.36 bits per heavy atom. The van der Waals surface area contributed by atoms with E-state index in [1.807, 2.05) is 4.90 Å². The standard InChI is InChI=1S/C28H34F4N4O3/c29-24-13-20(4-5-23(24)25(38)36-10-1-3-22(36)16-37)21-14-33-26(34-15-21)39-17-19-6-11-35(12-7-19)18-27(8-2-9-27)28(30,31)32/h4-5,13-15,19,22,37H,1-3,6-12,16-18H2. The summed E-state index contributed by atoms with van der Waals surface area (Å²) in [6.45, 7) is 2.07. The molecule has 1 aromatic carbocycles. The molecule has 1 aromatic heterocycles. The summed E-state index contributed by atoms with van der Waals surface area (Å²) in [6.07, 6.45) is 3.01. The lowest BCUT2D eigenvalue weighted by atomic mass is 9.67. The van der Waals surface area contributed by atoms with Gasteiger partial charge in [-0.15, -0.1) is 0 Å². The van der Waals surface area contributed by atoms with Gasteiger partial charge >= 0.3 is 12.2 Å². The van der Waals surface area contributed by atoms with E-state index in [1.54, 1.807) is 6.07 Å². The van der Waals surface area contributed by atoms with Crippen LogP contribution in [0.25, 0.3) is 11.1 Å². The maximum absolute atomic E-state index is 14.8. The summed E-state index contributed by atoms with van der Waals surface area (Å²) in [5.41, 5.74) is -0.474. The van der Waals surface area contributed by atoms with Crippen LogP contribution in [0.5, 0.6) is 6.01 Å². The molecule has 1 unspecified atom stereocenters. The summed E-state index contributed by atoms with van der Waals surface area (Å²) in [4.78, 5) is 24.7. The molecule has 3 aliphatic rings. The molecule has 7 nitrogen and oxygen atoms in total. The quantitative estimate of drug-likeness (QED) is 0.480. The van der Waals surface area contributed by atoms with Gasteiger partial charge in [-0.3, -0.25) is 4.79 Å². The lowest BCUT2D eigenvalue weighted by Crippen LogP contribution is -2.53. The van der Waals surface area contributed by atoms with E-state index in [1.165, 1.54) is 29.4 Å². The number of ether oxygens (including phenoxy) is 1. The van der Waals surface area contributed by atoms with Crippen molar-refractivity contribution >= 4 is 5.91 Å². The van der Waals surface area contributed by atoms with Crippen molar-refractivity contribution < 1.29 is 32.2 Å². The molecular formula is C28H34F4N4O3. The largest absolute Gasteiger partial charge is 0.463 e. The molecule has 2 aliphatic heterocycles. The molecule has 3 heterocycles. The van der Waals surface area contributed by atoms with Gasteiger partial charge in [0.1, 0.15) is 5.82 Å². The summed E-state index contributed by atoms with van der Waals surface area (Å²) in [5.74, 6) is -0.858. The molecule has 1 N–H and O–H groups in total. The minimum atomic E-state index is -4.14. The second-order valence-electron chi connectivity index (χ2n) is 11.1. The summed E-state index contributed by atoms with van der Waals surface area (Å²) in [6, 6.07) is 4.26. The van der Waals surface area contributed by atoms with Crippen molar-refractivity contribution in [3.05, 3.63) is 42.0 Å². The number of carbonyl (C=O) groups is 1. The number of carbonyl (C=O) groups excluding carboxylic acids is 1. The van der Waals surface area contributed by atoms with Crippen LogP contribution in [0.1, 0.15) is 55.3 Å². The summed E-state index contributed by atoms with van der Waals surface area (Å²) >= 11 is 0. The number of halogens is 4. The number of aliphatic hydroxyl groups is 1. The van der Waals surface area contributed by atoms with Gasteiger partial charge < -0.3 is 19.6 Å². The second-order valence-corrected chi connectivity index (χ2v) is 11.1. The number of likely N-dealkylation sites (tertiary alicyclic amines) is 2. The molecule has 212 valence electrons. The summed E-state index contributed by atoms with van der Waals surface area (Å²) in [7, 11) is 0. The van der Waals surface area contributed by atoms with Crippen LogP contribution in [0.4, 0.5) is 17.6 Å². The highest BCUT2D eigenvalue weighted by Crippen LogP contribution is 2.53. The molecule has 3 fully saturated rings. The molecule has 2 aromatic rings. The molecule has 1 amide bonds. The van der Waals surface area contributed by atoms with E-state index in [-0.39, 0.29) is 49.5 Å². The van der Waals surface area contributed by atoms with E-state index >= 15 is 0 Å². The molecule has 1 atom stereocenters. The summed E-state index contributed by atoms with van der Waals surface area (Å²) in [5, 5.41) is 9.46. The van der Waals surface area contributed by atoms with Gasteiger partial charge in [-0.2, -0.15) is 13.2 Å². The Labute approximate surface area is 225 Å². The van der Waals surface area contributed by atoms with Crippen molar-refractivity contribution in [3.63, 3.8) is 0 Å². The van der Waals surface area contributed by atoms with Crippen LogP contribution in [-0.4, -0.2) is 82.4 Å². The Morgan fingerprint density at radius 1 is 1.05 bits per heavy atom. The van der Waals surface area contributed by atoms with Crippen molar-refractivity contribution in [2.45, 2.75) is 57.2 Å². The number of nitrogens with zero attached hydrogens (tertiary/aromatic N) is 4. The third kappa shape index (κ3) is 5.89. The Bertz CT molecular complexity index is 1150. The molecule has 1 saturated carbocycles. The van der Waals surface area contributed by atoms with Gasteiger partial charge in [0.05, 0.1) is 30.2 Å². The number of benzene rings is 1. The minimum absolute atomic E-state index is 0.0349. The normalized spacial score (nSPS) is 22.1. The second kappa shape index (κ2) is 11.4. The van der Waals surface area contributed by atoms with E-state index in [9.17, 15) is 27.5 Å². The topological polar surface area (TPSA) is 78.8 Å². The number of aromatic nitrogens is 2.